The Bertz CT molecular complexity index is 674. The van der Waals surface area contributed by atoms with E-state index in [1.807, 2.05) is 0 Å². The summed E-state index contributed by atoms with van der Waals surface area (Å²) in [7, 11) is 0. The van der Waals surface area contributed by atoms with Crippen LogP contribution in [-0.2, 0) is 0 Å². The first-order valence-corrected chi connectivity index (χ1v) is 6.97. The van der Waals surface area contributed by atoms with Crippen LogP contribution in [0.5, 0.6) is 11.5 Å². The smallest absolute Gasteiger partial charge is 0.335 e. The molecule has 1 aromatic carbocycles. The summed E-state index contributed by atoms with van der Waals surface area (Å²) < 4.78 is 36.9. The molecule has 0 aliphatic heterocycles. The molecular formula is C15H16F2N2O4. The molecule has 0 atom stereocenters. The minimum atomic E-state index is -2.77. The van der Waals surface area contributed by atoms with Crippen molar-refractivity contribution in [3.05, 3.63) is 30.1 Å². The monoisotopic (exact) mass is 326 g/mol. The van der Waals surface area contributed by atoms with Crippen LogP contribution in [0.25, 0.3) is 11.1 Å². The first kappa shape index (κ1) is 16.7. The van der Waals surface area contributed by atoms with E-state index in [2.05, 4.69) is 5.10 Å². The zero-order valence-corrected chi connectivity index (χ0v) is 12.6. The average Bonchev–Trinajstić information content (AvgIpc) is 2.97. The normalized spacial score (nSPS) is 10.8. The van der Waals surface area contributed by atoms with Crippen LogP contribution in [-0.4, -0.2) is 34.1 Å². The van der Waals surface area contributed by atoms with Crippen LogP contribution in [0.15, 0.2) is 24.5 Å². The van der Waals surface area contributed by atoms with Gasteiger partial charge < -0.3 is 14.6 Å². The third kappa shape index (κ3) is 3.58. The summed E-state index contributed by atoms with van der Waals surface area (Å²) in [5.74, 6) is -0.656. The average molecular weight is 326 g/mol. The highest BCUT2D eigenvalue weighted by molar-refractivity contribution is 5.91. The van der Waals surface area contributed by atoms with E-state index in [1.165, 1.54) is 18.3 Å². The number of carbonyl (C=O) groups is 1. The molecule has 0 fully saturated rings. The SMILES string of the molecule is CCOc1cc(C(=O)O)cc(OCC)c1-c1cnn(C(F)F)c1. The van der Waals surface area contributed by atoms with Crippen LogP contribution in [0.3, 0.4) is 0 Å². The van der Waals surface area contributed by atoms with Crippen molar-refractivity contribution in [2.24, 2.45) is 0 Å². The Labute approximate surface area is 131 Å². The summed E-state index contributed by atoms with van der Waals surface area (Å²) in [6.45, 7) is 1.27. The van der Waals surface area contributed by atoms with E-state index in [-0.39, 0.29) is 30.3 Å². The molecule has 1 aromatic heterocycles. The maximum absolute atomic E-state index is 12.7. The number of aromatic carboxylic acids is 1. The van der Waals surface area contributed by atoms with Crippen molar-refractivity contribution >= 4 is 5.97 Å². The molecular weight excluding hydrogens is 310 g/mol. The molecule has 124 valence electrons. The van der Waals surface area contributed by atoms with Gasteiger partial charge in [-0.1, -0.05) is 0 Å². The van der Waals surface area contributed by atoms with Crippen molar-refractivity contribution in [2.45, 2.75) is 20.4 Å². The number of hydrogen-bond acceptors (Lipinski definition) is 4. The second kappa shape index (κ2) is 7.08. The van der Waals surface area contributed by atoms with Gasteiger partial charge in [-0.15, -0.1) is 0 Å². The van der Waals surface area contributed by atoms with Gasteiger partial charge in [-0.25, -0.2) is 9.48 Å². The lowest BCUT2D eigenvalue weighted by atomic mass is 10.0. The molecule has 0 amide bonds. The molecule has 1 heterocycles. The third-order valence-corrected chi connectivity index (χ3v) is 3.00. The van der Waals surface area contributed by atoms with Crippen molar-refractivity contribution < 1.29 is 28.2 Å². The number of rotatable bonds is 7. The zero-order valence-electron chi connectivity index (χ0n) is 12.6. The maximum atomic E-state index is 12.7. The number of carboxylic acid groups (broad SMARTS) is 1. The highest BCUT2D eigenvalue weighted by atomic mass is 19.3. The van der Waals surface area contributed by atoms with Crippen LogP contribution >= 0.6 is 0 Å². The largest absolute Gasteiger partial charge is 0.493 e. The van der Waals surface area contributed by atoms with Crippen molar-refractivity contribution in [1.82, 2.24) is 9.78 Å². The van der Waals surface area contributed by atoms with Gasteiger partial charge in [0.1, 0.15) is 11.5 Å². The number of aromatic nitrogens is 2. The molecule has 0 bridgehead atoms. The van der Waals surface area contributed by atoms with E-state index in [1.54, 1.807) is 13.8 Å². The molecule has 1 N–H and O–H groups in total. The molecule has 6 nitrogen and oxygen atoms in total. The highest BCUT2D eigenvalue weighted by Gasteiger charge is 2.20. The van der Waals surface area contributed by atoms with Crippen LogP contribution in [0.4, 0.5) is 8.78 Å². The van der Waals surface area contributed by atoms with Gasteiger partial charge in [0.2, 0.25) is 0 Å². The van der Waals surface area contributed by atoms with Crippen LogP contribution in [0, 0.1) is 0 Å². The Kier molecular flexibility index (Phi) is 5.15. The van der Waals surface area contributed by atoms with Crippen molar-refractivity contribution in [2.75, 3.05) is 13.2 Å². The van der Waals surface area contributed by atoms with E-state index >= 15 is 0 Å². The summed E-state index contributed by atoms with van der Waals surface area (Å²) in [6, 6.07) is 2.67. The van der Waals surface area contributed by atoms with Crippen LogP contribution < -0.4 is 9.47 Å². The van der Waals surface area contributed by atoms with E-state index in [9.17, 15) is 18.7 Å². The van der Waals surface area contributed by atoms with Gasteiger partial charge in [0, 0.05) is 11.8 Å². The number of benzene rings is 1. The topological polar surface area (TPSA) is 73.6 Å². The molecule has 0 radical (unpaired) electrons. The van der Waals surface area contributed by atoms with Crippen molar-refractivity contribution in [1.29, 1.82) is 0 Å². The van der Waals surface area contributed by atoms with Gasteiger partial charge in [0.05, 0.1) is 30.5 Å². The Morgan fingerprint density at radius 3 is 2.22 bits per heavy atom. The van der Waals surface area contributed by atoms with E-state index in [4.69, 9.17) is 9.47 Å². The predicted molar refractivity (Wildman–Crippen MR) is 78.2 cm³/mol. The standard InChI is InChI=1S/C15H16F2N2O4/c1-3-22-11-5-9(14(20)21)6-12(23-4-2)13(11)10-7-18-19(8-10)15(16)17/h5-8,15H,3-4H2,1-2H3,(H,20,21). The third-order valence-electron chi connectivity index (χ3n) is 3.00. The number of halogens is 2. The van der Waals surface area contributed by atoms with Crippen LogP contribution in [0.2, 0.25) is 0 Å². The lowest BCUT2D eigenvalue weighted by Gasteiger charge is -2.15. The van der Waals surface area contributed by atoms with Gasteiger partial charge in [-0.05, 0) is 26.0 Å². The molecule has 8 heteroatoms. The zero-order chi connectivity index (χ0) is 17.0. The van der Waals surface area contributed by atoms with Gasteiger partial charge >= 0.3 is 12.5 Å². The number of hydrogen-bond donors (Lipinski definition) is 1. The number of alkyl halides is 2. The molecule has 23 heavy (non-hydrogen) atoms. The Hall–Kier alpha value is -2.64. The van der Waals surface area contributed by atoms with E-state index in [0.717, 1.165) is 6.20 Å². The first-order valence-electron chi connectivity index (χ1n) is 6.97. The maximum Gasteiger partial charge on any atom is 0.335 e. The predicted octanol–water partition coefficient (Wildman–Crippen LogP) is 3.44. The number of nitrogens with zero attached hydrogens (tertiary/aromatic N) is 2. The van der Waals surface area contributed by atoms with Gasteiger partial charge in [-0.3, -0.25) is 0 Å². The fourth-order valence-electron chi connectivity index (χ4n) is 2.11. The Morgan fingerprint density at radius 1 is 1.26 bits per heavy atom. The lowest BCUT2D eigenvalue weighted by Crippen LogP contribution is -2.04. The highest BCUT2D eigenvalue weighted by Crippen LogP contribution is 2.40. The molecule has 0 aliphatic rings. The van der Waals surface area contributed by atoms with E-state index < -0.39 is 12.5 Å². The minimum absolute atomic E-state index is 0.0121. The molecule has 0 spiro atoms. The fourth-order valence-corrected chi connectivity index (χ4v) is 2.11. The number of ether oxygens (including phenoxy) is 2. The summed E-state index contributed by atoms with van der Waals surface area (Å²) in [5, 5.41) is 12.8. The summed E-state index contributed by atoms with van der Waals surface area (Å²) >= 11 is 0. The fraction of sp³-hybridized carbons (Fsp3) is 0.333. The summed E-state index contributed by atoms with van der Waals surface area (Å²) in [6.07, 6.45) is 2.42. The summed E-state index contributed by atoms with van der Waals surface area (Å²) in [5.41, 5.74) is 0.738. The summed E-state index contributed by atoms with van der Waals surface area (Å²) in [4.78, 5) is 11.2. The quantitative estimate of drug-likeness (QED) is 0.844. The van der Waals surface area contributed by atoms with E-state index in [0.29, 0.717) is 15.8 Å². The lowest BCUT2D eigenvalue weighted by molar-refractivity contribution is 0.0566. The van der Waals surface area contributed by atoms with Crippen molar-refractivity contribution in [3.8, 4) is 22.6 Å². The molecule has 2 aromatic rings. The molecule has 0 aliphatic carbocycles. The molecule has 2 rings (SSSR count). The van der Waals surface area contributed by atoms with Crippen LogP contribution in [0.1, 0.15) is 30.8 Å². The molecule has 0 unspecified atom stereocenters. The molecule has 0 saturated carbocycles. The second-order valence-electron chi connectivity index (χ2n) is 4.51. The molecule has 0 saturated heterocycles. The van der Waals surface area contributed by atoms with Crippen molar-refractivity contribution in [3.63, 3.8) is 0 Å². The van der Waals surface area contributed by atoms with Gasteiger partial charge in [0.15, 0.2) is 0 Å². The Morgan fingerprint density at radius 2 is 1.83 bits per heavy atom. The first-order chi connectivity index (χ1) is 11.0. The minimum Gasteiger partial charge on any atom is -0.493 e. The van der Waals surface area contributed by atoms with Gasteiger partial charge in [-0.2, -0.15) is 13.9 Å². The second-order valence-corrected chi connectivity index (χ2v) is 4.51. The number of carboxylic acids is 1. The van der Waals surface area contributed by atoms with Gasteiger partial charge in [0.25, 0.3) is 0 Å². The Balaban J connectivity index is 2.63.